The van der Waals surface area contributed by atoms with Gasteiger partial charge in [0.1, 0.15) is 10.5 Å². The first-order chi connectivity index (χ1) is 8.58. The molecule has 4 heteroatoms. The second kappa shape index (κ2) is 5.40. The fourth-order valence-electron chi connectivity index (χ4n) is 2.09. The van der Waals surface area contributed by atoms with Crippen molar-refractivity contribution in [1.82, 2.24) is 15.0 Å². The summed E-state index contributed by atoms with van der Waals surface area (Å²) in [6.07, 6.45) is 2.48. The number of H-pyrrole nitrogens is 1. The fraction of sp³-hybridized carbons (Fsp3) is 0.357. The molecule has 2 rings (SSSR count). The summed E-state index contributed by atoms with van der Waals surface area (Å²) in [6, 6.07) is 5.88. The van der Waals surface area contributed by atoms with Crippen molar-refractivity contribution >= 4 is 12.2 Å². The van der Waals surface area contributed by atoms with E-state index in [1.165, 1.54) is 0 Å². The second-order valence-electron chi connectivity index (χ2n) is 4.68. The number of pyridine rings is 1. The quantitative estimate of drug-likeness (QED) is 0.857. The highest BCUT2D eigenvalue weighted by molar-refractivity contribution is 7.71. The van der Waals surface area contributed by atoms with Gasteiger partial charge in [-0.15, -0.1) is 0 Å². The highest BCUT2D eigenvalue weighted by Crippen LogP contribution is 2.18. The Hall–Kier alpha value is -1.55. The van der Waals surface area contributed by atoms with E-state index in [2.05, 4.69) is 35.7 Å². The first kappa shape index (κ1) is 12.9. The molecular formula is C14H17N3S. The van der Waals surface area contributed by atoms with Gasteiger partial charge in [-0.2, -0.15) is 0 Å². The zero-order chi connectivity index (χ0) is 13.1. The number of hydrogen-bond acceptors (Lipinski definition) is 3. The zero-order valence-corrected chi connectivity index (χ0v) is 11.7. The summed E-state index contributed by atoms with van der Waals surface area (Å²) in [7, 11) is 0. The Bertz CT molecular complexity index is 588. The second-order valence-corrected chi connectivity index (χ2v) is 5.07. The van der Waals surface area contributed by atoms with Gasteiger partial charge in [-0.05, 0) is 25.0 Å². The molecule has 0 aliphatic carbocycles. The third kappa shape index (κ3) is 2.82. The molecule has 94 valence electrons. The maximum absolute atomic E-state index is 5.37. The zero-order valence-electron chi connectivity index (χ0n) is 10.9. The highest BCUT2D eigenvalue weighted by Gasteiger charge is 2.09. The van der Waals surface area contributed by atoms with Gasteiger partial charge in [0, 0.05) is 29.6 Å². The molecule has 0 aromatic carbocycles. The topological polar surface area (TPSA) is 41.6 Å². The van der Waals surface area contributed by atoms with Crippen LogP contribution in [-0.4, -0.2) is 15.0 Å². The van der Waals surface area contributed by atoms with Crippen LogP contribution in [0, 0.1) is 11.6 Å². The third-order valence-electron chi connectivity index (χ3n) is 2.85. The maximum atomic E-state index is 5.37. The predicted molar refractivity (Wildman–Crippen MR) is 75.3 cm³/mol. The smallest absolute Gasteiger partial charge is 0.133 e. The summed E-state index contributed by atoms with van der Waals surface area (Å²) in [5.41, 5.74) is 3.23. The van der Waals surface area contributed by atoms with Crippen molar-refractivity contribution in [3.63, 3.8) is 0 Å². The molecule has 0 aliphatic rings. The Morgan fingerprint density at radius 1 is 1.33 bits per heavy atom. The number of rotatable bonds is 3. The average Bonchev–Trinajstić information content (AvgIpc) is 2.28. The number of aromatic amines is 1. The number of hydrogen-bond donors (Lipinski definition) is 1. The lowest BCUT2D eigenvalue weighted by molar-refractivity contribution is 0.800. The minimum atomic E-state index is 0.394. The van der Waals surface area contributed by atoms with Crippen LogP contribution in [0.15, 0.2) is 24.4 Å². The number of aryl methyl sites for hydroxylation is 1. The third-order valence-corrected chi connectivity index (χ3v) is 3.17. The molecule has 0 radical (unpaired) electrons. The molecular weight excluding hydrogens is 242 g/mol. The highest BCUT2D eigenvalue weighted by atomic mass is 32.1. The van der Waals surface area contributed by atoms with Crippen molar-refractivity contribution in [3.05, 3.63) is 51.8 Å². The molecule has 0 saturated carbocycles. The monoisotopic (exact) mass is 259 g/mol. The molecule has 2 aromatic rings. The summed E-state index contributed by atoms with van der Waals surface area (Å²) in [5.74, 6) is 1.27. The van der Waals surface area contributed by atoms with Crippen LogP contribution < -0.4 is 0 Å². The van der Waals surface area contributed by atoms with Crippen molar-refractivity contribution in [1.29, 1.82) is 0 Å². The van der Waals surface area contributed by atoms with Crippen molar-refractivity contribution in [3.8, 4) is 0 Å². The lowest BCUT2D eigenvalue weighted by Crippen LogP contribution is -2.05. The van der Waals surface area contributed by atoms with Gasteiger partial charge in [-0.25, -0.2) is 4.98 Å². The Balaban J connectivity index is 2.35. The van der Waals surface area contributed by atoms with E-state index in [9.17, 15) is 0 Å². The minimum Gasteiger partial charge on any atom is -0.347 e. The normalized spacial score (nSPS) is 10.9. The van der Waals surface area contributed by atoms with E-state index in [0.29, 0.717) is 17.0 Å². The Kier molecular flexibility index (Phi) is 3.87. The lowest BCUT2D eigenvalue weighted by Gasteiger charge is -2.11. The van der Waals surface area contributed by atoms with Crippen LogP contribution in [0.2, 0.25) is 0 Å². The molecule has 18 heavy (non-hydrogen) atoms. The van der Waals surface area contributed by atoms with Crippen molar-refractivity contribution in [2.24, 2.45) is 0 Å². The molecule has 0 fully saturated rings. The van der Waals surface area contributed by atoms with Gasteiger partial charge in [-0.3, -0.25) is 4.98 Å². The molecule has 2 aromatic heterocycles. The van der Waals surface area contributed by atoms with Crippen LogP contribution >= 0.6 is 12.2 Å². The molecule has 1 N–H and O–H groups in total. The predicted octanol–water partition coefficient (Wildman–Crippen LogP) is 3.56. The van der Waals surface area contributed by atoms with Gasteiger partial charge >= 0.3 is 0 Å². The molecule has 0 bridgehead atoms. The van der Waals surface area contributed by atoms with Crippen LogP contribution in [0.5, 0.6) is 0 Å². The van der Waals surface area contributed by atoms with Gasteiger partial charge in [0.05, 0.1) is 0 Å². The van der Waals surface area contributed by atoms with E-state index >= 15 is 0 Å². The Morgan fingerprint density at radius 3 is 2.67 bits per heavy atom. The molecule has 0 unspecified atom stereocenters. The van der Waals surface area contributed by atoms with Gasteiger partial charge in [0.25, 0.3) is 0 Å². The molecule has 3 nitrogen and oxygen atoms in total. The van der Waals surface area contributed by atoms with Crippen molar-refractivity contribution in [2.45, 2.75) is 33.1 Å². The van der Waals surface area contributed by atoms with Gasteiger partial charge in [0.2, 0.25) is 0 Å². The Morgan fingerprint density at radius 2 is 2.11 bits per heavy atom. The summed E-state index contributed by atoms with van der Waals surface area (Å²) >= 11 is 5.37. The molecule has 0 aliphatic heterocycles. The Labute approximate surface area is 112 Å². The number of nitrogens with zero attached hydrogens (tertiary/aromatic N) is 2. The summed E-state index contributed by atoms with van der Waals surface area (Å²) in [6.45, 7) is 6.31. The van der Waals surface area contributed by atoms with E-state index < -0.39 is 0 Å². The van der Waals surface area contributed by atoms with Crippen molar-refractivity contribution < 1.29 is 0 Å². The first-order valence-corrected chi connectivity index (χ1v) is 6.48. The maximum Gasteiger partial charge on any atom is 0.133 e. The summed E-state index contributed by atoms with van der Waals surface area (Å²) < 4.78 is 0.701. The van der Waals surface area contributed by atoms with E-state index in [4.69, 9.17) is 12.2 Å². The number of aromatic nitrogens is 3. The SMILES string of the molecule is Cc1[nH]c(Cc2ccccn2)nc(=S)c1C(C)C. The molecule has 2 heterocycles. The largest absolute Gasteiger partial charge is 0.347 e. The summed E-state index contributed by atoms with van der Waals surface area (Å²) in [5, 5.41) is 0. The van der Waals surface area contributed by atoms with Gasteiger partial charge in [0.15, 0.2) is 0 Å². The summed E-state index contributed by atoms with van der Waals surface area (Å²) in [4.78, 5) is 12.1. The first-order valence-electron chi connectivity index (χ1n) is 6.07. The molecule has 0 amide bonds. The van der Waals surface area contributed by atoms with Crippen LogP contribution in [0.25, 0.3) is 0 Å². The molecule has 0 saturated heterocycles. The van der Waals surface area contributed by atoms with Crippen LogP contribution in [0.1, 0.15) is 42.5 Å². The standard InChI is InChI=1S/C14H17N3S/c1-9(2)13-10(3)16-12(17-14(13)18)8-11-6-4-5-7-15-11/h4-7,9H,8H2,1-3H3,(H,16,17,18). The average molecular weight is 259 g/mol. The van der Waals surface area contributed by atoms with Gasteiger partial charge < -0.3 is 4.98 Å². The van der Waals surface area contributed by atoms with E-state index in [0.717, 1.165) is 22.8 Å². The van der Waals surface area contributed by atoms with E-state index in [-0.39, 0.29) is 0 Å². The van der Waals surface area contributed by atoms with Crippen LogP contribution in [0.3, 0.4) is 0 Å². The van der Waals surface area contributed by atoms with Crippen LogP contribution in [-0.2, 0) is 6.42 Å². The fourth-order valence-corrected chi connectivity index (χ4v) is 2.59. The lowest BCUT2D eigenvalue weighted by atomic mass is 10.0. The van der Waals surface area contributed by atoms with E-state index in [1.54, 1.807) is 6.20 Å². The van der Waals surface area contributed by atoms with E-state index in [1.807, 2.05) is 18.2 Å². The van der Waals surface area contributed by atoms with Crippen LogP contribution in [0.4, 0.5) is 0 Å². The van der Waals surface area contributed by atoms with Gasteiger partial charge in [-0.1, -0.05) is 32.1 Å². The van der Waals surface area contributed by atoms with Crippen molar-refractivity contribution in [2.75, 3.05) is 0 Å². The molecule has 0 spiro atoms. The number of nitrogens with one attached hydrogen (secondary N) is 1. The minimum absolute atomic E-state index is 0.394. The molecule has 0 atom stereocenters.